The number of amides is 1. The number of rotatable bonds is 4. The zero-order valence-electron chi connectivity index (χ0n) is 14.6. The van der Waals surface area contributed by atoms with E-state index in [0.717, 1.165) is 22.3 Å². The highest BCUT2D eigenvalue weighted by atomic mass is 19.1. The monoisotopic (exact) mass is 360 g/mol. The Balaban J connectivity index is 1.56. The van der Waals surface area contributed by atoms with Gasteiger partial charge < -0.3 is 10.2 Å². The summed E-state index contributed by atoms with van der Waals surface area (Å²) < 4.78 is 13.7. The van der Waals surface area contributed by atoms with Gasteiger partial charge in [-0.15, -0.1) is 0 Å². The smallest absolute Gasteiger partial charge is 0.268 e. The zero-order valence-corrected chi connectivity index (χ0v) is 14.6. The fourth-order valence-corrected chi connectivity index (χ4v) is 3.07. The third-order valence-corrected chi connectivity index (χ3v) is 4.46. The minimum absolute atomic E-state index is 0.113. The van der Waals surface area contributed by atoms with E-state index in [9.17, 15) is 9.18 Å². The largest absolute Gasteiger partial charge is 0.382 e. The van der Waals surface area contributed by atoms with E-state index in [0.29, 0.717) is 5.71 Å². The Hall–Kier alpha value is -3.47. The molecule has 0 bridgehead atoms. The van der Waals surface area contributed by atoms with Gasteiger partial charge in [-0.05, 0) is 30.2 Å². The Morgan fingerprint density at radius 2 is 1.41 bits per heavy atom. The maximum atomic E-state index is 13.7. The molecular weight excluding hydrogens is 343 g/mol. The highest BCUT2D eigenvalue weighted by Crippen LogP contribution is 2.36. The average Bonchev–Trinajstić information content (AvgIpc) is 3.02. The van der Waals surface area contributed by atoms with Crippen molar-refractivity contribution in [2.24, 2.45) is 5.16 Å². The maximum Gasteiger partial charge on any atom is 0.268 e. The number of anilines is 1. The summed E-state index contributed by atoms with van der Waals surface area (Å²) in [7, 11) is 0. The molecule has 0 aromatic heterocycles. The highest BCUT2D eigenvalue weighted by Gasteiger charge is 2.25. The third kappa shape index (κ3) is 3.19. The van der Waals surface area contributed by atoms with Gasteiger partial charge in [-0.25, -0.2) is 4.39 Å². The number of fused-ring (bicyclic) bond motifs is 3. The molecule has 27 heavy (non-hydrogen) atoms. The van der Waals surface area contributed by atoms with Gasteiger partial charge in [0.05, 0.1) is 5.69 Å². The van der Waals surface area contributed by atoms with E-state index in [1.165, 1.54) is 12.1 Å². The van der Waals surface area contributed by atoms with Crippen LogP contribution in [0.3, 0.4) is 0 Å². The van der Waals surface area contributed by atoms with Crippen molar-refractivity contribution in [2.75, 3.05) is 5.32 Å². The van der Waals surface area contributed by atoms with Crippen LogP contribution in [0.5, 0.6) is 0 Å². The molecule has 1 N–H and O–H groups in total. The van der Waals surface area contributed by atoms with Crippen molar-refractivity contribution in [3.05, 3.63) is 89.7 Å². The van der Waals surface area contributed by atoms with E-state index in [-0.39, 0.29) is 5.69 Å². The number of nitrogens with one attached hydrogen (secondary N) is 1. The molecule has 0 spiro atoms. The summed E-state index contributed by atoms with van der Waals surface area (Å²) in [5, 5.41) is 6.77. The first-order valence-corrected chi connectivity index (χ1v) is 8.63. The normalized spacial score (nSPS) is 12.7. The van der Waals surface area contributed by atoms with Crippen LogP contribution in [-0.2, 0) is 9.63 Å². The minimum Gasteiger partial charge on any atom is -0.382 e. The standard InChI is InChI=1S/C22H17FN2O2/c1-14(22(26)24-20-13-7-6-12-19(20)23)27-25-21-17-10-4-2-8-15(17)16-9-3-5-11-18(16)21/h2-14H,1H3,(H,24,26)/t14-/m0/s1. The molecule has 0 saturated heterocycles. The predicted molar refractivity (Wildman–Crippen MR) is 103 cm³/mol. The molecule has 1 atom stereocenters. The summed E-state index contributed by atoms with van der Waals surface area (Å²) in [6.07, 6.45) is -0.878. The second-order valence-corrected chi connectivity index (χ2v) is 6.25. The number of hydrogen-bond acceptors (Lipinski definition) is 3. The molecule has 3 aromatic carbocycles. The summed E-state index contributed by atoms with van der Waals surface area (Å²) in [5.41, 5.74) is 4.88. The van der Waals surface area contributed by atoms with Crippen molar-refractivity contribution >= 4 is 17.3 Å². The van der Waals surface area contributed by atoms with Crippen molar-refractivity contribution < 1.29 is 14.0 Å². The molecule has 4 nitrogen and oxygen atoms in total. The molecule has 1 aliphatic rings. The fraction of sp³-hybridized carbons (Fsp3) is 0.0909. The number of carbonyl (C=O) groups is 1. The van der Waals surface area contributed by atoms with Gasteiger partial charge in [0.1, 0.15) is 11.5 Å². The maximum absolute atomic E-state index is 13.7. The molecule has 0 heterocycles. The number of para-hydroxylation sites is 1. The van der Waals surface area contributed by atoms with Crippen LogP contribution >= 0.6 is 0 Å². The van der Waals surface area contributed by atoms with Crippen LogP contribution < -0.4 is 5.32 Å². The number of oxime groups is 1. The molecule has 0 unspecified atom stereocenters. The Labute approximate surface area is 156 Å². The van der Waals surface area contributed by atoms with Gasteiger partial charge in [-0.2, -0.15) is 0 Å². The number of benzene rings is 3. The Morgan fingerprint density at radius 1 is 0.889 bits per heavy atom. The number of halogens is 1. The van der Waals surface area contributed by atoms with E-state index in [2.05, 4.69) is 10.5 Å². The molecule has 3 aromatic rings. The highest BCUT2D eigenvalue weighted by molar-refractivity contribution is 6.24. The summed E-state index contributed by atoms with van der Waals surface area (Å²) in [4.78, 5) is 17.8. The molecule has 5 heteroatoms. The molecule has 0 fully saturated rings. The topological polar surface area (TPSA) is 50.7 Å². The molecule has 4 rings (SSSR count). The van der Waals surface area contributed by atoms with E-state index in [1.54, 1.807) is 19.1 Å². The van der Waals surface area contributed by atoms with Gasteiger partial charge in [0, 0.05) is 11.1 Å². The first-order valence-electron chi connectivity index (χ1n) is 8.63. The number of nitrogens with zero attached hydrogens (tertiary/aromatic N) is 1. The van der Waals surface area contributed by atoms with Gasteiger partial charge in [-0.3, -0.25) is 4.79 Å². The van der Waals surface area contributed by atoms with Gasteiger partial charge in [0.2, 0.25) is 6.10 Å². The van der Waals surface area contributed by atoms with Crippen LogP contribution in [0, 0.1) is 5.82 Å². The molecule has 0 aliphatic heterocycles. The molecular formula is C22H17FN2O2. The van der Waals surface area contributed by atoms with Crippen molar-refractivity contribution in [2.45, 2.75) is 13.0 Å². The third-order valence-electron chi connectivity index (χ3n) is 4.46. The Morgan fingerprint density at radius 3 is 2.00 bits per heavy atom. The van der Waals surface area contributed by atoms with Gasteiger partial charge in [0.15, 0.2) is 0 Å². The number of carbonyl (C=O) groups excluding carboxylic acids is 1. The second kappa shape index (κ2) is 7.03. The summed E-state index contributed by atoms with van der Waals surface area (Å²) in [5.74, 6) is -0.966. The lowest BCUT2D eigenvalue weighted by molar-refractivity contribution is -0.126. The van der Waals surface area contributed by atoms with Crippen molar-refractivity contribution in [1.29, 1.82) is 0 Å². The van der Waals surface area contributed by atoms with Crippen molar-refractivity contribution in [3.8, 4) is 11.1 Å². The van der Waals surface area contributed by atoms with E-state index in [1.807, 2.05) is 48.5 Å². The predicted octanol–water partition coefficient (Wildman–Crippen LogP) is 4.60. The minimum atomic E-state index is -0.878. The fourth-order valence-electron chi connectivity index (χ4n) is 3.07. The zero-order chi connectivity index (χ0) is 18.8. The Bertz CT molecular complexity index is 998. The number of hydrogen-bond donors (Lipinski definition) is 1. The quantitative estimate of drug-likeness (QED) is 0.541. The summed E-state index contributed by atoms with van der Waals surface area (Å²) in [6, 6.07) is 21.8. The van der Waals surface area contributed by atoms with Crippen LogP contribution in [0.2, 0.25) is 0 Å². The van der Waals surface area contributed by atoms with E-state index in [4.69, 9.17) is 4.84 Å². The van der Waals surface area contributed by atoms with Crippen molar-refractivity contribution in [3.63, 3.8) is 0 Å². The molecule has 0 saturated carbocycles. The lowest BCUT2D eigenvalue weighted by atomic mass is 10.1. The SMILES string of the molecule is C[C@H](ON=C1c2ccccc2-c2ccccc21)C(=O)Nc1ccccc1F. The van der Waals surface area contributed by atoms with E-state index < -0.39 is 17.8 Å². The molecule has 1 aliphatic carbocycles. The first kappa shape index (κ1) is 17.0. The van der Waals surface area contributed by atoms with Crippen LogP contribution in [0.25, 0.3) is 11.1 Å². The van der Waals surface area contributed by atoms with Gasteiger partial charge in [-0.1, -0.05) is 65.8 Å². The van der Waals surface area contributed by atoms with Crippen molar-refractivity contribution in [1.82, 2.24) is 0 Å². The molecule has 1 amide bonds. The molecule has 0 radical (unpaired) electrons. The van der Waals surface area contributed by atoms with Gasteiger partial charge >= 0.3 is 0 Å². The second-order valence-electron chi connectivity index (χ2n) is 6.25. The van der Waals surface area contributed by atoms with Crippen LogP contribution in [0.15, 0.2) is 78.0 Å². The Kier molecular flexibility index (Phi) is 4.42. The summed E-state index contributed by atoms with van der Waals surface area (Å²) >= 11 is 0. The van der Waals surface area contributed by atoms with Crippen LogP contribution in [-0.4, -0.2) is 17.7 Å². The lowest BCUT2D eigenvalue weighted by Gasteiger charge is -2.12. The molecule has 134 valence electrons. The van der Waals surface area contributed by atoms with E-state index >= 15 is 0 Å². The van der Waals surface area contributed by atoms with Gasteiger partial charge in [0.25, 0.3) is 5.91 Å². The summed E-state index contributed by atoms with van der Waals surface area (Å²) in [6.45, 7) is 1.58. The first-order chi connectivity index (χ1) is 13.1. The average molecular weight is 360 g/mol. The van der Waals surface area contributed by atoms with Crippen LogP contribution in [0.4, 0.5) is 10.1 Å². The lowest BCUT2D eigenvalue weighted by Crippen LogP contribution is -2.27. The van der Waals surface area contributed by atoms with Crippen LogP contribution in [0.1, 0.15) is 18.1 Å².